The standard InChI is InChI=1S/C13H19FN2O2S2/c1-3-5-8-16(4-2)20(17,18)10-6-7-12(14)11(9-10)13(15)19/h6-7,9H,3-5,8H2,1-2H3,(H2,15,19). The number of halogens is 1. The minimum absolute atomic E-state index is 0.0136. The van der Waals surface area contributed by atoms with Crippen molar-refractivity contribution in [3.05, 3.63) is 29.6 Å². The number of hydrogen-bond acceptors (Lipinski definition) is 3. The molecule has 0 heterocycles. The largest absolute Gasteiger partial charge is 0.389 e. The molecule has 0 aromatic heterocycles. The summed E-state index contributed by atoms with van der Waals surface area (Å²) >= 11 is 4.73. The summed E-state index contributed by atoms with van der Waals surface area (Å²) in [6.45, 7) is 4.56. The van der Waals surface area contributed by atoms with Crippen molar-refractivity contribution in [2.45, 2.75) is 31.6 Å². The van der Waals surface area contributed by atoms with Crippen LogP contribution in [-0.4, -0.2) is 30.8 Å². The molecule has 7 heteroatoms. The molecular formula is C13H19FN2O2S2. The quantitative estimate of drug-likeness (QED) is 0.783. The van der Waals surface area contributed by atoms with Crippen LogP contribution in [0.2, 0.25) is 0 Å². The summed E-state index contributed by atoms with van der Waals surface area (Å²) in [5, 5.41) is 0. The Balaban J connectivity index is 3.20. The molecule has 0 amide bonds. The molecule has 0 saturated carbocycles. The molecule has 0 unspecified atom stereocenters. The van der Waals surface area contributed by atoms with E-state index in [1.54, 1.807) is 6.92 Å². The Morgan fingerprint density at radius 2 is 2.05 bits per heavy atom. The Labute approximate surface area is 124 Å². The number of thiocarbonyl (C=S) groups is 1. The summed E-state index contributed by atoms with van der Waals surface area (Å²) in [4.78, 5) is -0.143. The lowest BCUT2D eigenvalue weighted by molar-refractivity contribution is 0.419. The fourth-order valence-electron chi connectivity index (χ4n) is 1.79. The van der Waals surface area contributed by atoms with Crippen LogP contribution in [0.25, 0.3) is 0 Å². The van der Waals surface area contributed by atoms with Crippen LogP contribution in [0.4, 0.5) is 4.39 Å². The molecule has 0 saturated heterocycles. The van der Waals surface area contributed by atoms with E-state index in [4.69, 9.17) is 18.0 Å². The molecule has 112 valence electrons. The maximum atomic E-state index is 13.5. The van der Waals surface area contributed by atoms with Gasteiger partial charge in [0.2, 0.25) is 10.0 Å². The second kappa shape index (κ2) is 7.10. The van der Waals surface area contributed by atoms with Crippen molar-refractivity contribution in [2.24, 2.45) is 5.73 Å². The highest BCUT2D eigenvalue weighted by Crippen LogP contribution is 2.19. The number of rotatable bonds is 7. The molecule has 2 N–H and O–H groups in total. The van der Waals surface area contributed by atoms with E-state index in [1.807, 2.05) is 6.92 Å². The molecule has 0 aliphatic rings. The first-order chi connectivity index (χ1) is 9.34. The Kier molecular flexibility index (Phi) is 6.04. The van der Waals surface area contributed by atoms with Gasteiger partial charge in [-0.1, -0.05) is 32.5 Å². The van der Waals surface area contributed by atoms with Gasteiger partial charge in [0.15, 0.2) is 0 Å². The molecule has 0 aliphatic carbocycles. The number of benzene rings is 1. The van der Waals surface area contributed by atoms with E-state index in [9.17, 15) is 12.8 Å². The predicted octanol–water partition coefficient (Wildman–Crippen LogP) is 2.27. The first-order valence-corrected chi connectivity index (χ1v) is 8.28. The maximum Gasteiger partial charge on any atom is 0.243 e. The summed E-state index contributed by atoms with van der Waals surface area (Å²) in [6, 6.07) is 3.51. The molecule has 0 atom stereocenters. The van der Waals surface area contributed by atoms with Crippen molar-refractivity contribution >= 4 is 27.2 Å². The summed E-state index contributed by atoms with van der Waals surface area (Å²) in [5.41, 5.74) is 5.35. The Morgan fingerprint density at radius 1 is 1.40 bits per heavy atom. The molecule has 20 heavy (non-hydrogen) atoms. The van der Waals surface area contributed by atoms with Gasteiger partial charge in [-0.05, 0) is 24.6 Å². The smallest absolute Gasteiger partial charge is 0.243 e. The van der Waals surface area contributed by atoms with Crippen LogP contribution >= 0.6 is 12.2 Å². The zero-order valence-corrected chi connectivity index (χ0v) is 13.2. The van der Waals surface area contributed by atoms with Crippen LogP contribution in [0.15, 0.2) is 23.1 Å². The van der Waals surface area contributed by atoms with E-state index >= 15 is 0 Å². The molecule has 0 bridgehead atoms. The summed E-state index contributed by atoms with van der Waals surface area (Å²) in [6.07, 6.45) is 1.67. The van der Waals surface area contributed by atoms with Gasteiger partial charge in [-0.2, -0.15) is 4.31 Å². The zero-order valence-electron chi connectivity index (χ0n) is 11.6. The molecule has 1 rings (SSSR count). The lowest BCUT2D eigenvalue weighted by atomic mass is 10.2. The molecule has 0 spiro atoms. The minimum Gasteiger partial charge on any atom is -0.389 e. The lowest BCUT2D eigenvalue weighted by Gasteiger charge is -2.20. The average Bonchev–Trinajstić information content (AvgIpc) is 2.39. The highest BCUT2D eigenvalue weighted by molar-refractivity contribution is 7.89. The topological polar surface area (TPSA) is 63.4 Å². The van der Waals surface area contributed by atoms with E-state index < -0.39 is 15.8 Å². The van der Waals surface area contributed by atoms with Crippen molar-refractivity contribution in [3.8, 4) is 0 Å². The van der Waals surface area contributed by atoms with Gasteiger partial charge >= 0.3 is 0 Å². The molecule has 1 aromatic rings. The van der Waals surface area contributed by atoms with Gasteiger partial charge in [-0.3, -0.25) is 0 Å². The third kappa shape index (κ3) is 3.74. The second-order valence-electron chi connectivity index (χ2n) is 4.36. The molecule has 4 nitrogen and oxygen atoms in total. The number of sulfonamides is 1. The van der Waals surface area contributed by atoms with E-state index in [0.717, 1.165) is 18.9 Å². The fourth-order valence-corrected chi connectivity index (χ4v) is 3.46. The number of hydrogen-bond donors (Lipinski definition) is 1. The van der Waals surface area contributed by atoms with Gasteiger partial charge in [-0.25, -0.2) is 12.8 Å². The van der Waals surface area contributed by atoms with Gasteiger partial charge in [0.1, 0.15) is 10.8 Å². The SMILES string of the molecule is CCCCN(CC)S(=O)(=O)c1ccc(F)c(C(N)=S)c1. The zero-order chi connectivity index (χ0) is 15.3. The number of nitrogens with zero attached hydrogens (tertiary/aromatic N) is 1. The first kappa shape index (κ1) is 17.0. The van der Waals surface area contributed by atoms with E-state index in [0.29, 0.717) is 13.1 Å². The first-order valence-electron chi connectivity index (χ1n) is 6.44. The van der Waals surface area contributed by atoms with Crippen LogP contribution in [0, 0.1) is 5.82 Å². The van der Waals surface area contributed by atoms with E-state index in [1.165, 1.54) is 16.4 Å². The average molecular weight is 318 g/mol. The van der Waals surface area contributed by atoms with Crippen molar-refractivity contribution in [1.82, 2.24) is 4.31 Å². The number of nitrogens with two attached hydrogens (primary N) is 1. The normalized spacial score (nSPS) is 11.8. The molecular weight excluding hydrogens is 299 g/mol. The minimum atomic E-state index is -3.64. The summed E-state index contributed by atoms with van der Waals surface area (Å²) in [5.74, 6) is -0.618. The number of unbranched alkanes of at least 4 members (excludes halogenated alkanes) is 1. The third-order valence-electron chi connectivity index (χ3n) is 2.95. The predicted molar refractivity (Wildman–Crippen MR) is 81.6 cm³/mol. The van der Waals surface area contributed by atoms with Crippen LogP contribution in [-0.2, 0) is 10.0 Å². The van der Waals surface area contributed by atoms with Gasteiger partial charge in [0.05, 0.1) is 4.90 Å². The monoisotopic (exact) mass is 318 g/mol. The fraction of sp³-hybridized carbons (Fsp3) is 0.462. The van der Waals surface area contributed by atoms with Crippen LogP contribution in [0.5, 0.6) is 0 Å². The van der Waals surface area contributed by atoms with Crippen molar-refractivity contribution in [1.29, 1.82) is 0 Å². The van der Waals surface area contributed by atoms with Crippen molar-refractivity contribution in [3.63, 3.8) is 0 Å². The summed E-state index contributed by atoms with van der Waals surface area (Å²) in [7, 11) is -3.64. The lowest BCUT2D eigenvalue weighted by Crippen LogP contribution is -2.32. The molecule has 0 fully saturated rings. The van der Waals surface area contributed by atoms with E-state index in [-0.39, 0.29) is 15.4 Å². The molecule has 0 radical (unpaired) electrons. The highest BCUT2D eigenvalue weighted by atomic mass is 32.2. The van der Waals surface area contributed by atoms with Gasteiger partial charge < -0.3 is 5.73 Å². The van der Waals surface area contributed by atoms with Crippen molar-refractivity contribution in [2.75, 3.05) is 13.1 Å². The highest BCUT2D eigenvalue weighted by Gasteiger charge is 2.23. The van der Waals surface area contributed by atoms with E-state index in [2.05, 4.69) is 0 Å². The Hall–Kier alpha value is -1.05. The van der Waals surface area contributed by atoms with Gasteiger partial charge in [-0.15, -0.1) is 0 Å². The molecule has 0 aliphatic heterocycles. The molecule has 1 aromatic carbocycles. The third-order valence-corrected chi connectivity index (χ3v) is 5.15. The summed E-state index contributed by atoms with van der Waals surface area (Å²) < 4.78 is 39.8. The Bertz CT molecular complexity index is 588. The van der Waals surface area contributed by atoms with Crippen LogP contribution in [0.3, 0.4) is 0 Å². The van der Waals surface area contributed by atoms with Gasteiger partial charge in [0.25, 0.3) is 0 Å². The maximum absolute atomic E-state index is 13.5. The van der Waals surface area contributed by atoms with Gasteiger partial charge in [0, 0.05) is 18.7 Å². The second-order valence-corrected chi connectivity index (χ2v) is 6.73. The van der Waals surface area contributed by atoms with Crippen LogP contribution < -0.4 is 5.73 Å². The van der Waals surface area contributed by atoms with Crippen LogP contribution in [0.1, 0.15) is 32.3 Å². The van der Waals surface area contributed by atoms with Crippen molar-refractivity contribution < 1.29 is 12.8 Å². The Morgan fingerprint density at radius 3 is 2.55 bits per heavy atom.